The minimum absolute atomic E-state index is 0.0725. The van der Waals surface area contributed by atoms with Crippen LogP contribution in [0.3, 0.4) is 0 Å². The van der Waals surface area contributed by atoms with Crippen molar-refractivity contribution in [2.75, 3.05) is 0 Å². The molecule has 1 N–H and O–H groups in total. The van der Waals surface area contributed by atoms with E-state index in [9.17, 15) is 4.79 Å². The highest BCUT2D eigenvalue weighted by molar-refractivity contribution is 7.17. The first-order valence-corrected chi connectivity index (χ1v) is 7.49. The molecule has 0 radical (unpaired) electrons. The van der Waals surface area contributed by atoms with Gasteiger partial charge in [-0.1, -0.05) is 6.07 Å². The highest BCUT2D eigenvalue weighted by Crippen LogP contribution is 2.23. The lowest BCUT2D eigenvalue weighted by molar-refractivity contribution is 0.0948. The molecule has 21 heavy (non-hydrogen) atoms. The van der Waals surface area contributed by atoms with Crippen LogP contribution in [0, 0.1) is 6.92 Å². The third-order valence-corrected chi connectivity index (χ3v) is 3.96. The summed E-state index contributed by atoms with van der Waals surface area (Å²) in [4.78, 5) is 24.5. The van der Waals surface area contributed by atoms with Crippen LogP contribution in [0.4, 0.5) is 0 Å². The van der Waals surface area contributed by atoms with E-state index in [1.54, 1.807) is 12.4 Å². The number of amides is 1. The molecule has 0 aromatic carbocycles. The van der Waals surface area contributed by atoms with Gasteiger partial charge in [-0.25, -0.2) is 9.97 Å². The van der Waals surface area contributed by atoms with Crippen LogP contribution in [0.15, 0.2) is 29.9 Å². The van der Waals surface area contributed by atoms with Crippen LogP contribution in [0.1, 0.15) is 21.6 Å². The number of aryl methyl sites for hydroxylation is 1. The summed E-state index contributed by atoms with van der Waals surface area (Å²) in [5.41, 5.74) is 2.97. The zero-order valence-corrected chi connectivity index (χ0v) is 12.7. The predicted molar refractivity (Wildman–Crippen MR) is 82.6 cm³/mol. The van der Waals surface area contributed by atoms with Crippen molar-refractivity contribution in [2.45, 2.75) is 13.5 Å². The van der Waals surface area contributed by atoms with E-state index in [4.69, 9.17) is 11.6 Å². The van der Waals surface area contributed by atoms with Crippen molar-refractivity contribution in [2.24, 2.45) is 0 Å². The zero-order chi connectivity index (χ0) is 14.8. The van der Waals surface area contributed by atoms with Crippen molar-refractivity contribution in [1.29, 1.82) is 0 Å². The molecule has 0 aliphatic heterocycles. The number of pyridine rings is 1. The van der Waals surface area contributed by atoms with Gasteiger partial charge in [-0.15, -0.1) is 11.3 Å². The van der Waals surface area contributed by atoms with Gasteiger partial charge in [0.05, 0.1) is 10.2 Å². The molecule has 3 rings (SSSR count). The first kappa shape index (κ1) is 13.9. The number of carbonyl (C=O) groups excluding carboxylic acids is 1. The summed E-state index contributed by atoms with van der Waals surface area (Å²) in [6.45, 7) is 2.35. The Balaban J connectivity index is 1.82. The Labute approximate surface area is 130 Å². The van der Waals surface area contributed by atoms with Crippen LogP contribution in [0.25, 0.3) is 10.2 Å². The Morgan fingerprint density at radius 1 is 1.38 bits per heavy atom. The summed E-state index contributed by atoms with van der Waals surface area (Å²) in [5, 5.41) is 4.76. The zero-order valence-electron chi connectivity index (χ0n) is 11.1. The van der Waals surface area contributed by atoms with Gasteiger partial charge in [0.15, 0.2) is 5.69 Å². The highest BCUT2D eigenvalue weighted by atomic mass is 35.5. The molecule has 0 bridgehead atoms. The quantitative estimate of drug-likeness (QED) is 0.754. The van der Waals surface area contributed by atoms with Gasteiger partial charge in [-0.3, -0.25) is 9.78 Å². The second-order valence-corrected chi connectivity index (χ2v) is 5.78. The van der Waals surface area contributed by atoms with E-state index in [1.165, 1.54) is 11.3 Å². The summed E-state index contributed by atoms with van der Waals surface area (Å²) in [7, 11) is 0. The lowest BCUT2D eigenvalue weighted by Crippen LogP contribution is -2.24. The first-order valence-electron chi connectivity index (χ1n) is 6.23. The second-order valence-electron chi connectivity index (χ2n) is 4.53. The number of nitrogens with zero attached hydrogens (tertiary/aromatic N) is 3. The maximum Gasteiger partial charge on any atom is 0.271 e. The van der Waals surface area contributed by atoms with E-state index in [2.05, 4.69) is 20.3 Å². The smallest absolute Gasteiger partial charge is 0.271 e. The largest absolute Gasteiger partial charge is 0.347 e. The molecule has 3 aromatic rings. The Hall–Kier alpha value is -2.05. The molecular formula is C14H11ClN4OS. The normalized spacial score (nSPS) is 10.8. The van der Waals surface area contributed by atoms with Crippen molar-refractivity contribution >= 4 is 39.1 Å². The van der Waals surface area contributed by atoms with Crippen LogP contribution in [0.2, 0.25) is 5.28 Å². The maximum absolute atomic E-state index is 12.3. The van der Waals surface area contributed by atoms with Gasteiger partial charge in [0.25, 0.3) is 5.91 Å². The number of halogens is 1. The Morgan fingerprint density at radius 3 is 3.05 bits per heavy atom. The minimum atomic E-state index is -0.270. The SMILES string of the molecule is Cc1cncc(CNC(=O)c2nc(Cl)nc3ccsc23)c1. The molecular weight excluding hydrogens is 308 g/mol. The summed E-state index contributed by atoms with van der Waals surface area (Å²) in [5.74, 6) is -0.270. The molecule has 0 saturated carbocycles. The monoisotopic (exact) mass is 318 g/mol. The summed E-state index contributed by atoms with van der Waals surface area (Å²) in [6, 6.07) is 3.79. The average molecular weight is 319 g/mol. The number of hydrogen-bond donors (Lipinski definition) is 1. The summed E-state index contributed by atoms with van der Waals surface area (Å²) >= 11 is 7.27. The number of aromatic nitrogens is 3. The van der Waals surface area contributed by atoms with E-state index in [-0.39, 0.29) is 11.2 Å². The molecule has 3 heterocycles. The van der Waals surface area contributed by atoms with Crippen molar-refractivity contribution < 1.29 is 4.79 Å². The topological polar surface area (TPSA) is 67.8 Å². The van der Waals surface area contributed by atoms with Crippen molar-refractivity contribution in [3.05, 3.63) is 52.0 Å². The van der Waals surface area contributed by atoms with Crippen LogP contribution in [-0.2, 0) is 6.54 Å². The fourth-order valence-corrected chi connectivity index (χ4v) is 2.96. The van der Waals surface area contributed by atoms with Gasteiger partial charge >= 0.3 is 0 Å². The van der Waals surface area contributed by atoms with Crippen LogP contribution in [-0.4, -0.2) is 20.9 Å². The number of thiophene rings is 1. The van der Waals surface area contributed by atoms with E-state index < -0.39 is 0 Å². The van der Waals surface area contributed by atoms with E-state index in [0.29, 0.717) is 17.8 Å². The number of rotatable bonds is 3. The Morgan fingerprint density at radius 2 is 2.24 bits per heavy atom. The first-order chi connectivity index (χ1) is 10.1. The van der Waals surface area contributed by atoms with Crippen LogP contribution < -0.4 is 5.32 Å². The molecule has 0 fully saturated rings. The summed E-state index contributed by atoms with van der Waals surface area (Å²) < 4.78 is 0.735. The van der Waals surface area contributed by atoms with Gasteiger partial charge in [0.2, 0.25) is 5.28 Å². The van der Waals surface area contributed by atoms with Gasteiger partial charge in [0.1, 0.15) is 0 Å². The molecule has 0 aliphatic carbocycles. The van der Waals surface area contributed by atoms with Gasteiger partial charge in [-0.2, -0.15) is 0 Å². The molecule has 0 spiro atoms. The lowest BCUT2D eigenvalue weighted by Gasteiger charge is -2.06. The average Bonchev–Trinajstić information content (AvgIpc) is 2.92. The number of hydrogen-bond acceptors (Lipinski definition) is 5. The van der Waals surface area contributed by atoms with Crippen LogP contribution in [0.5, 0.6) is 0 Å². The molecule has 0 atom stereocenters. The van der Waals surface area contributed by atoms with E-state index in [1.807, 2.05) is 24.4 Å². The molecule has 1 amide bonds. The molecule has 3 aromatic heterocycles. The van der Waals surface area contributed by atoms with Crippen molar-refractivity contribution in [3.8, 4) is 0 Å². The Bertz CT molecular complexity index is 818. The Kier molecular flexibility index (Phi) is 3.81. The van der Waals surface area contributed by atoms with Crippen molar-refractivity contribution in [3.63, 3.8) is 0 Å². The predicted octanol–water partition coefficient (Wildman–Crippen LogP) is 2.98. The van der Waals surface area contributed by atoms with Crippen LogP contribution >= 0.6 is 22.9 Å². The van der Waals surface area contributed by atoms with E-state index >= 15 is 0 Å². The van der Waals surface area contributed by atoms with Gasteiger partial charge in [-0.05, 0) is 41.1 Å². The number of nitrogens with one attached hydrogen (secondary N) is 1. The van der Waals surface area contributed by atoms with Crippen molar-refractivity contribution in [1.82, 2.24) is 20.3 Å². The molecule has 5 nitrogen and oxygen atoms in total. The van der Waals surface area contributed by atoms with Gasteiger partial charge < -0.3 is 5.32 Å². The molecule has 0 unspecified atom stereocenters. The molecule has 106 valence electrons. The molecule has 7 heteroatoms. The fourth-order valence-electron chi connectivity index (χ4n) is 1.97. The number of fused-ring (bicyclic) bond motifs is 1. The maximum atomic E-state index is 12.3. The fraction of sp³-hybridized carbons (Fsp3) is 0.143. The third-order valence-electron chi connectivity index (χ3n) is 2.88. The van der Waals surface area contributed by atoms with E-state index in [0.717, 1.165) is 15.8 Å². The molecule has 0 saturated heterocycles. The molecule has 0 aliphatic rings. The summed E-state index contributed by atoms with van der Waals surface area (Å²) in [6.07, 6.45) is 3.49. The second kappa shape index (κ2) is 5.75. The lowest BCUT2D eigenvalue weighted by atomic mass is 10.2. The number of carbonyl (C=O) groups is 1. The standard InChI is InChI=1S/C14H11ClN4OS/c1-8-4-9(6-16-5-8)7-17-13(20)11-12-10(2-3-21-12)18-14(15)19-11/h2-6H,7H2,1H3,(H,17,20). The third kappa shape index (κ3) is 3.01. The van der Waals surface area contributed by atoms with Gasteiger partial charge in [0, 0.05) is 18.9 Å². The highest BCUT2D eigenvalue weighted by Gasteiger charge is 2.15. The minimum Gasteiger partial charge on any atom is -0.347 e.